The van der Waals surface area contributed by atoms with Gasteiger partial charge in [-0.2, -0.15) is 0 Å². The molecule has 2 amide bonds. The summed E-state index contributed by atoms with van der Waals surface area (Å²) in [5, 5.41) is 13.7. The van der Waals surface area contributed by atoms with Gasteiger partial charge >= 0.3 is 6.09 Å². The number of nitro groups is 1. The Morgan fingerprint density at radius 3 is 2.48 bits per heavy atom. The highest BCUT2D eigenvalue weighted by Gasteiger charge is 2.32. The number of methoxy groups -OCH3 is 1. The Balaban J connectivity index is 1.10. The van der Waals surface area contributed by atoms with Gasteiger partial charge in [0.1, 0.15) is 23.9 Å². The molecule has 12 heteroatoms. The SMILES string of the molecule is COc1cccc(CC(=O)NC[C@H]2CN(c3ccc(N4CCN(c5ccc([N+](=O)[O-])cn5)CC4)cc3)C(=O)O2)c1. The van der Waals surface area contributed by atoms with Crippen LogP contribution in [0.5, 0.6) is 5.75 Å². The van der Waals surface area contributed by atoms with Crippen LogP contribution in [0.15, 0.2) is 66.9 Å². The zero-order chi connectivity index (χ0) is 28.1. The quantitative estimate of drug-likeness (QED) is 0.318. The molecule has 40 heavy (non-hydrogen) atoms. The molecule has 2 aliphatic heterocycles. The van der Waals surface area contributed by atoms with E-state index in [9.17, 15) is 19.7 Å². The number of hydrogen-bond acceptors (Lipinski definition) is 9. The molecule has 3 heterocycles. The standard InChI is InChI=1S/C28H30N6O6/c1-39-24-4-2-3-20(15-24)16-27(35)30-18-25-19-33(28(36)40-25)22-7-5-21(6-8-22)31-11-13-32(14-12-31)26-10-9-23(17-29-26)34(37)38/h2-10,15,17,25H,11-14,16,18-19H2,1H3,(H,30,35)/t25-/m0/s1. The normalized spacial score (nSPS) is 17.0. The molecule has 12 nitrogen and oxygen atoms in total. The summed E-state index contributed by atoms with van der Waals surface area (Å²) in [5.41, 5.74) is 2.58. The molecule has 2 aliphatic rings. The lowest BCUT2D eigenvalue weighted by Gasteiger charge is -2.36. The molecule has 1 N–H and O–H groups in total. The average molecular weight is 547 g/mol. The average Bonchev–Trinajstić information content (AvgIpc) is 3.36. The fraction of sp³-hybridized carbons (Fsp3) is 0.321. The number of benzene rings is 2. The zero-order valence-electron chi connectivity index (χ0n) is 22.1. The first-order valence-corrected chi connectivity index (χ1v) is 13.0. The van der Waals surface area contributed by atoms with E-state index in [1.807, 2.05) is 48.5 Å². The topological polar surface area (TPSA) is 130 Å². The van der Waals surface area contributed by atoms with Crippen LogP contribution in [0.4, 0.5) is 27.7 Å². The number of amides is 2. The molecule has 3 aromatic rings. The highest BCUT2D eigenvalue weighted by molar-refractivity contribution is 5.90. The Bertz CT molecular complexity index is 1360. The van der Waals surface area contributed by atoms with Gasteiger partial charge in [0.05, 0.1) is 31.5 Å². The second kappa shape index (κ2) is 11.9. The minimum Gasteiger partial charge on any atom is -0.497 e. The smallest absolute Gasteiger partial charge is 0.414 e. The third kappa shape index (κ3) is 6.22. The van der Waals surface area contributed by atoms with Gasteiger partial charge in [-0.15, -0.1) is 0 Å². The van der Waals surface area contributed by atoms with Gasteiger partial charge in [-0.05, 0) is 48.0 Å². The van der Waals surface area contributed by atoms with Gasteiger partial charge in [0, 0.05) is 43.6 Å². The van der Waals surface area contributed by atoms with Gasteiger partial charge in [-0.3, -0.25) is 19.8 Å². The molecule has 0 radical (unpaired) electrons. The first-order valence-electron chi connectivity index (χ1n) is 13.0. The number of carbonyl (C=O) groups is 2. The van der Waals surface area contributed by atoms with Crippen molar-refractivity contribution >= 4 is 34.9 Å². The number of carbonyl (C=O) groups excluding carboxylic acids is 2. The lowest BCUT2D eigenvalue weighted by Crippen LogP contribution is -2.46. The van der Waals surface area contributed by atoms with Crippen LogP contribution in [-0.4, -0.2) is 74.4 Å². The lowest BCUT2D eigenvalue weighted by atomic mass is 10.1. The largest absolute Gasteiger partial charge is 0.497 e. The van der Waals surface area contributed by atoms with E-state index in [2.05, 4.69) is 20.1 Å². The Morgan fingerprint density at radius 1 is 1.07 bits per heavy atom. The monoisotopic (exact) mass is 546 g/mol. The minimum atomic E-state index is -0.455. The number of piperazine rings is 1. The van der Waals surface area contributed by atoms with Gasteiger partial charge in [0.2, 0.25) is 5.91 Å². The van der Waals surface area contributed by atoms with Crippen molar-refractivity contribution in [1.29, 1.82) is 0 Å². The van der Waals surface area contributed by atoms with E-state index in [-0.39, 0.29) is 24.6 Å². The summed E-state index contributed by atoms with van der Waals surface area (Å²) in [6, 6.07) is 18.2. The summed E-state index contributed by atoms with van der Waals surface area (Å²) >= 11 is 0. The lowest BCUT2D eigenvalue weighted by molar-refractivity contribution is -0.385. The highest BCUT2D eigenvalue weighted by atomic mass is 16.6. The molecule has 2 fully saturated rings. The number of pyridine rings is 1. The Labute approximate surface area is 231 Å². The van der Waals surface area contributed by atoms with Crippen LogP contribution < -0.4 is 24.8 Å². The van der Waals surface area contributed by atoms with Gasteiger partial charge in [-0.1, -0.05) is 12.1 Å². The number of cyclic esters (lactones) is 1. The van der Waals surface area contributed by atoms with Crippen molar-refractivity contribution in [2.45, 2.75) is 12.5 Å². The van der Waals surface area contributed by atoms with Crippen LogP contribution in [0.2, 0.25) is 0 Å². The van der Waals surface area contributed by atoms with E-state index in [4.69, 9.17) is 9.47 Å². The molecule has 1 atom stereocenters. The second-order valence-electron chi connectivity index (χ2n) is 9.57. The van der Waals surface area contributed by atoms with Crippen molar-refractivity contribution < 1.29 is 24.0 Å². The first kappa shape index (κ1) is 26.7. The van der Waals surface area contributed by atoms with E-state index in [1.54, 1.807) is 18.1 Å². The predicted molar refractivity (Wildman–Crippen MR) is 149 cm³/mol. The van der Waals surface area contributed by atoms with Crippen LogP contribution in [0.3, 0.4) is 0 Å². The molecular formula is C28H30N6O6. The molecule has 2 aromatic carbocycles. The van der Waals surface area contributed by atoms with Crippen molar-refractivity contribution in [3.63, 3.8) is 0 Å². The van der Waals surface area contributed by atoms with Crippen molar-refractivity contribution in [3.05, 3.63) is 82.5 Å². The second-order valence-corrected chi connectivity index (χ2v) is 9.57. The Morgan fingerprint density at radius 2 is 1.80 bits per heavy atom. The number of aromatic nitrogens is 1. The van der Waals surface area contributed by atoms with E-state index >= 15 is 0 Å². The molecule has 1 aromatic heterocycles. The summed E-state index contributed by atoms with van der Waals surface area (Å²) in [4.78, 5) is 45.5. The van der Waals surface area contributed by atoms with Gasteiger partial charge in [0.25, 0.3) is 5.69 Å². The summed E-state index contributed by atoms with van der Waals surface area (Å²) in [5.74, 6) is 1.26. The molecule has 2 saturated heterocycles. The maximum Gasteiger partial charge on any atom is 0.414 e. The molecule has 0 saturated carbocycles. The van der Waals surface area contributed by atoms with Crippen LogP contribution in [0.1, 0.15) is 5.56 Å². The molecule has 0 unspecified atom stereocenters. The highest BCUT2D eigenvalue weighted by Crippen LogP contribution is 2.26. The van der Waals surface area contributed by atoms with E-state index < -0.39 is 17.1 Å². The fourth-order valence-electron chi connectivity index (χ4n) is 4.81. The third-order valence-corrected chi connectivity index (χ3v) is 6.97. The van der Waals surface area contributed by atoms with Gasteiger partial charge < -0.3 is 24.6 Å². The number of rotatable bonds is 9. The van der Waals surface area contributed by atoms with Crippen LogP contribution in [-0.2, 0) is 16.0 Å². The summed E-state index contributed by atoms with van der Waals surface area (Å²) in [7, 11) is 1.58. The van der Waals surface area contributed by atoms with Crippen LogP contribution in [0.25, 0.3) is 0 Å². The van der Waals surface area contributed by atoms with Crippen LogP contribution >= 0.6 is 0 Å². The summed E-state index contributed by atoms with van der Waals surface area (Å²) in [6.07, 6.45) is 0.610. The molecule has 5 rings (SSSR count). The maximum atomic E-state index is 12.5. The molecule has 0 aliphatic carbocycles. The van der Waals surface area contributed by atoms with Crippen molar-refractivity contribution in [3.8, 4) is 5.75 Å². The van der Waals surface area contributed by atoms with Gasteiger partial charge in [0.15, 0.2) is 0 Å². The van der Waals surface area contributed by atoms with E-state index in [0.29, 0.717) is 12.3 Å². The van der Waals surface area contributed by atoms with E-state index in [0.717, 1.165) is 48.9 Å². The van der Waals surface area contributed by atoms with Crippen molar-refractivity contribution in [1.82, 2.24) is 10.3 Å². The number of anilines is 3. The number of nitrogens with one attached hydrogen (secondary N) is 1. The van der Waals surface area contributed by atoms with Crippen LogP contribution in [0, 0.1) is 10.1 Å². The maximum absolute atomic E-state index is 12.5. The van der Waals surface area contributed by atoms with Crippen molar-refractivity contribution in [2.75, 3.05) is 61.1 Å². The van der Waals surface area contributed by atoms with Crippen molar-refractivity contribution in [2.24, 2.45) is 0 Å². The van der Waals surface area contributed by atoms with Gasteiger partial charge in [-0.25, -0.2) is 9.78 Å². The molecule has 0 spiro atoms. The first-order chi connectivity index (χ1) is 19.4. The molecule has 208 valence electrons. The summed E-state index contributed by atoms with van der Waals surface area (Å²) in [6.45, 7) is 3.57. The number of nitrogens with zero attached hydrogens (tertiary/aromatic N) is 5. The predicted octanol–water partition coefficient (Wildman–Crippen LogP) is 3.01. The molecule has 0 bridgehead atoms. The summed E-state index contributed by atoms with van der Waals surface area (Å²) < 4.78 is 10.7. The molecular weight excluding hydrogens is 516 g/mol. The minimum absolute atomic E-state index is 0.0233. The Hall–Kier alpha value is -4.87. The fourth-order valence-corrected chi connectivity index (χ4v) is 4.81. The van der Waals surface area contributed by atoms with E-state index in [1.165, 1.54) is 12.3 Å². The number of hydrogen-bond donors (Lipinski definition) is 1. The third-order valence-electron chi connectivity index (χ3n) is 6.97. The number of ether oxygens (including phenoxy) is 2. The Kier molecular flexibility index (Phi) is 7.94. The zero-order valence-corrected chi connectivity index (χ0v) is 22.1.